The van der Waals surface area contributed by atoms with Crippen LogP contribution in [0.25, 0.3) is 0 Å². The van der Waals surface area contributed by atoms with Crippen LogP contribution >= 0.6 is 215 Å². The van der Waals surface area contributed by atoms with Crippen LogP contribution in [0, 0.1) is 0 Å². The van der Waals surface area contributed by atoms with Crippen molar-refractivity contribution >= 4 is 347 Å². The summed E-state index contributed by atoms with van der Waals surface area (Å²) in [5, 5.41) is 21.9. The fourth-order valence-electron chi connectivity index (χ4n) is 6.78. The molecule has 4 saturated heterocycles. The molecule has 55 heteroatoms. The zero-order valence-corrected chi connectivity index (χ0v) is 82.8. The van der Waals surface area contributed by atoms with Gasteiger partial charge in [0.15, 0.2) is 68.4 Å². The smallest absolute Gasteiger partial charge is 0.762 e. The highest BCUT2D eigenvalue weighted by Crippen LogP contribution is 2.37. The summed E-state index contributed by atoms with van der Waals surface area (Å²) < 4.78 is 97.3. The molecule has 0 aromatic carbocycles. The number of hydrogen-bond acceptors (Lipinski definition) is 20. The number of nitrogens with one attached hydrogen (secondary N) is 8. The van der Waals surface area contributed by atoms with Crippen molar-refractivity contribution < 1.29 is 91.3 Å². The van der Waals surface area contributed by atoms with Crippen LogP contribution in [-0.2, 0) is 83.8 Å². The second-order valence-electron chi connectivity index (χ2n) is 19.3. The van der Waals surface area contributed by atoms with Crippen molar-refractivity contribution in [2.24, 2.45) is 0 Å². The Balaban J connectivity index is -0.000000277. The first-order chi connectivity index (χ1) is 51.8. The number of thioether (sulfide) groups is 12. The normalized spacial score (nSPS) is 15.1. The highest BCUT2D eigenvalue weighted by Gasteiger charge is 2.24. The fourth-order valence-corrected chi connectivity index (χ4v) is 27.8. The van der Waals surface area contributed by atoms with Crippen LogP contribution in [0.2, 0.25) is 0 Å². The molecule has 0 bridgehead atoms. The van der Waals surface area contributed by atoms with Gasteiger partial charge in [-0.3, -0.25) is 77.2 Å². The van der Waals surface area contributed by atoms with E-state index in [1.54, 1.807) is 59.2 Å². The molecule has 8 rings (SSSR count). The van der Waals surface area contributed by atoms with Crippen molar-refractivity contribution in [2.75, 3.05) is 142 Å². The molecule has 8 atom stereocenters. The molecule has 4 fully saturated rings. The first kappa shape index (κ1) is 124. The van der Waals surface area contributed by atoms with Crippen LogP contribution < -0.4 is 56.6 Å². The van der Waals surface area contributed by atoms with Crippen molar-refractivity contribution in [1.29, 1.82) is 0 Å². The van der Waals surface area contributed by atoms with E-state index in [-0.39, 0.29) is 61.4 Å². The lowest BCUT2D eigenvalue weighted by molar-refractivity contribution is -0.121. The Kier molecular flexibility index (Phi) is 102. The summed E-state index contributed by atoms with van der Waals surface area (Å²) in [6.45, 7) is 0. The Morgan fingerprint density at radius 3 is 0.838 bits per heavy atom. The van der Waals surface area contributed by atoms with Crippen LogP contribution in [0.4, 0.5) is 38.8 Å². The van der Waals surface area contributed by atoms with Crippen LogP contribution in [-0.4, -0.2) is 229 Å². The van der Waals surface area contributed by atoms with Gasteiger partial charge < -0.3 is 56.6 Å². The summed E-state index contributed by atoms with van der Waals surface area (Å²) in [7, 11) is 8.81. The van der Waals surface area contributed by atoms with Crippen molar-refractivity contribution in [3.63, 3.8) is 0 Å². The molecule has 0 spiro atoms. The number of hydrogen-bond donors (Lipinski definition) is 8. The number of rotatable bonds is 24. The first-order valence-electron chi connectivity index (χ1n) is 32.7. The van der Waals surface area contributed by atoms with E-state index >= 15 is 0 Å². The minimum atomic E-state index is -3.67. The molecule has 8 aliphatic rings. The van der Waals surface area contributed by atoms with Gasteiger partial charge in [-0.25, -0.2) is 0 Å². The van der Waals surface area contributed by atoms with E-state index in [0.29, 0.717) is 88.8 Å². The average molecular weight is 2030 g/mol. The summed E-state index contributed by atoms with van der Waals surface area (Å²) in [5.74, 6) is 19.7. The van der Waals surface area contributed by atoms with Crippen molar-refractivity contribution in [3.05, 3.63) is 41.3 Å². The van der Waals surface area contributed by atoms with E-state index in [1.165, 1.54) is 108 Å². The van der Waals surface area contributed by atoms with Gasteiger partial charge >= 0.3 is 22.6 Å². The molecular weight excluding hydrogens is 1930 g/mol. The van der Waals surface area contributed by atoms with Crippen molar-refractivity contribution in [1.82, 2.24) is 42.5 Å². The Morgan fingerprint density at radius 1 is 0.306 bits per heavy atom. The van der Waals surface area contributed by atoms with Crippen LogP contribution in [0.3, 0.4) is 0 Å². The van der Waals surface area contributed by atoms with E-state index in [2.05, 4.69) is 116 Å². The van der Waals surface area contributed by atoms with Crippen LogP contribution in [0.1, 0.15) is 77.0 Å². The summed E-state index contributed by atoms with van der Waals surface area (Å²) >= 11 is 29.4. The molecule has 640 valence electrons. The summed E-state index contributed by atoms with van der Waals surface area (Å²) in [6, 6.07) is 0. The topological polar surface area (TPSA) is 233 Å². The molecule has 111 heavy (non-hydrogen) atoms. The minimum Gasteiger partial charge on any atom is -1.00 e. The number of carbonyl (C=O) groups is 8. The Hall–Kier alpha value is 2.07. The van der Waals surface area contributed by atoms with Gasteiger partial charge in [-0.2, -0.15) is 0 Å². The van der Waals surface area contributed by atoms with Gasteiger partial charge in [-0.15, -0.1) is 168 Å². The van der Waals surface area contributed by atoms with Gasteiger partial charge in [0.25, 0.3) is 0 Å². The maximum atomic E-state index is 11.1. The summed E-state index contributed by atoms with van der Waals surface area (Å²) in [5.41, 5.74) is 0. The molecular formula is C56H100B3F12N8O8P8S16+. The lowest BCUT2D eigenvalue weighted by Gasteiger charge is -2.11. The molecule has 8 heterocycles. The van der Waals surface area contributed by atoms with E-state index < -0.39 is 22.6 Å². The van der Waals surface area contributed by atoms with Crippen LogP contribution in [0.15, 0.2) is 41.3 Å². The Bertz CT molecular complexity index is 2750. The Labute approximate surface area is 734 Å². The second-order valence-corrected chi connectivity index (χ2v) is 43.2. The summed E-state index contributed by atoms with van der Waals surface area (Å²) in [4.78, 5) is 88.5. The van der Waals surface area contributed by atoms with E-state index in [0.717, 1.165) is 55.8 Å². The highest BCUT2D eigenvalue weighted by atomic mass is 32.2. The minimum absolute atomic E-state index is 0. The monoisotopic (exact) mass is 2030 g/mol. The molecule has 0 saturated carbocycles. The predicted molar refractivity (Wildman–Crippen MR) is 515 cm³/mol. The van der Waals surface area contributed by atoms with Gasteiger partial charge in [0.2, 0.25) is 64.0 Å². The second kappa shape index (κ2) is 91.3. The molecule has 8 unspecified atom stereocenters. The third-order valence-electron chi connectivity index (χ3n) is 11.0. The lowest BCUT2D eigenvalue weighted by atomic mass is 10.3. The van der Waals surface area contributed by atoms with Gasteiger partial charge in [0, 0.05) is 165 Å². The number of carbonyl (C=O) groups excluding carboxylic acids is 8. The molecule has 16 nitrogen and oxygen atoms in total. The van der Waals surface area contributed by atoms with Crippen LogP contribution in [0.5, 0.6) is 0 Å². The number of amides is 8. The fraction of sp³-hybridized carbons (Fsp3) is 0.643. The maximum Gasteiger partial charge on any atom is 0.762 e. The summed E-state index contributed by atoms with van der Waals surface area (Å²) in [6.07, 6.45) is 23.0. The standard InChI is InChI=1S/2C8H14NOPS2.4C7H12NOPS2.2C6H10NOPS2.3BF3.3FH/c2*10-7(9-6-11)2-3-8-12-4-1-5-13-8;2*9-6(8-5-10)1-2-7-11-3-4-12-7;2*9-6(8-5-10)4-7-11-2-1-3-12-7;2*8-5(7-4-9)3-6-10-1-2-11-6;3*2-1(3)4;;;/h1-6,11H2;3H,1-2,4-6,11H2,(H,9,10);1-5,10H2;2H,1,3-5,10H2,(H,8,9);1-5,10H2;4H,1-3,5,10H2,(H,8,9);1-4,9H2;3H,1-2,4,9H2,(H,7,8);;;;3*1H/p+1. The molecule has 8 N–H and O–H groups in total. The zero-order valence-electron chi connectivity index (χ0n) is 60.4. The molecule has 0 aliphatic carbocycles. The van der Waals surface area contributed by atoms with E-state index in [4.69, 9.17) is 0 Å². The van der Waals surface area contributed by atoms with Crippen molar-refractivity contribution in [2.45, 2.75) is 77.0 Å². The van der Waals surface area contributed by atoms with Gasteiger partial charge in [-0.1, -0.05) is 59.2 Å². The quantitative estimate of drug-likeness (QED) is 0.0173. The zero-order chi connectivity index (χ0) is 81.2. The van der Waals surface area contributed by atoms with Gasteiger partial charge in [0.1, 0.15) is 12.8 Å². The highest BCUT2D eigenvalue weighted by molar-refractivity contribution is 8.27. The molecule has 0 aromatic heterocycles. The van der Waals surface area contributed by atoms with Gasteiger partial charge in [-0.05, 0) is 35.9 Å². The largest absolute Gasteiger partial charge is 1.00 e. The van der Waals surface area contributed by atoms with E-state index in [9.17, 15) is 77.2 Å². The molecule has 0 aromatic rings. The lowest BCUT2D eigenvalue weighted by Crippen LogP contribution is -3.00. The van der Waals surface area contributed by atoms with Crippen molar-refractivity contribution in [3.8, 4) is 0 Å². The van der Waals surface area contributed by atoms with E-state index in [1.807, 2.05) is 152 Å². The third-order valence-corrected chi connectivity index (χ3v) is 33.9. The SMILES string of the molecule is FB(F)F.FB(F)F.FB(F)F.O=C(C=C1SCCCS1)NCP.O=C(C=C1SCCS1)NCP.O=C(CC1=[S+]CCCS1)NCP.O=C(CC1=[S+]CCS1)NCP.O=C(CC=C1SCCCS1)NCP.O=C(CC=C1SCCS1)NCP.O=C(CCC1=[S+]CCCS1)NCP.O=C(CCC1=[S+]CCS1)NCP.[F-].[F-].[F-]. The predicted octanol–water partition coefficient (Wildman–Crippen LogP) is 2.94. The molecule has 0 radical (unpaired) electrons. The molecule has 8 amide bonds. The maximum absolute atomic E-state index is 11.1. The Morgan fingerprint density at radius 2 is 0.550 bits per heavy atom. The first-order valence-corrected chi connectivity index (χ1v) is 55.0. The average Bonchev–Trinajstić information content (AvgIpc) is 1.94. The number of halogens is 12. The third kappa shape index (κ3) is 91.1. The molecule has 8 aliphatic heterocycles. The van der Waals surface area contributed by atoms with Gasteiger partial charge in [0.05, 0.1) is 11.5 Å².